The first-order chi connectivity index (χ1) is 18.5. The maximum absolute atomic E-state index is 13.3. The number of benzene rings is 1. The van der Waals surface area contributed by atoms with Crippen LogP contribution in [0.25, 0.3) is 10.1 Å². The number of alkyl halides is 3. The van der Waals surface area contributed by atoms with Crippen LogP contribution in [-0.2, 0) is 27.0 Å². The topological polar surface area (TPSA) is 104 Å². The van der Waals surface area contributed by atoms with Crippen LogP contribution in [-0.4, -0.2) is 45.0 Å². The van der Waals surface area contributed by atoms with Crippen LogP contribution in [0.3, 0.4) is 0 Å². The first kappa shape index (κ1) is 27.5. The molecule has 1 fully saturated rings. The highest BCUT2D eigenvalue weighted by molar-refractivity contribution is 8.04. The van der Waals surface area contributed by atoms with E-state index in [9.17, 15) is 37.5 Å². The van der Waals surface area contributed by atoms with Crippen LogP contribution in [0, 0.1) is 0 Å². The molecule has 5 rings (SSSR count). The van der Waals surface area contributed by atoms with Crippen LogP contribution in [0.1, 0.15) is 10.4 Å². The van der Waals surface area contributed by atoms with Crippen molar-refractivity contribution in [1.82, 2.24) is 10.2 Å². The zero-order chi connectivity index (χ0) is 27.9. The van der Waals surface area contributed by atoms with E-state index < -0.39 is 40.5 Å². The smallest absolute Gasteiger partial charge is 0.417 e. The number of hydrogen-bond acceptors (Lipinski definition) is 8. The number of carbonyl (C=O) groups is 3. The molecule has 14 heteroatoms. The van der Waals surface area contributed by atoms with Crippen molar-refractivity contribution in [2.24, 2.45) is 0 Å². The molecule has 2 N–H and O–H groups in total. The number of carboxylic acid groups (broad SMARTS) is 1. The third kappa shape index (κ3) is 5.51. The molecule has 0 spiro atoms. The highest BCUT2D eigenvalue weighted by Gasteiger charge is 2.53. The fourth-order valence-corrected chi connectivity index (χ4v) is 8.27. The number of carboxylic acids is 1. The molecule has 3 aromatic rings. The van der Waals surface area contributed by atoms with Gasteiger partial charge in [0.25, 0.3) is 5.91 Å². The van der Waals surface area contributed by atoms with Crippen LogP contribution >= 0.6 is 46.2 Å². The number of amides is 2. The van der Waals surface area contributed by atoms with E-state index in [1.54, 1.807) is 0 Å². The Morgan fingerprint density at radius 3 is 2.69 bits per heavy atom. The normalized spacial score (nSPS) is 19.4. The van der Waals surface area contributed by atoms with Gasteiger partial charge in [0, 0.05) is 21.4 Å². The summed E-state index contributed by atoms with van der Waals surface area (Å²) in [6.45, 7) is 0. The Kier molecular flexibility index (Phi) is 7.64. The number of allylic oxidation sites excluding steroid dienone is 1. The van der Waals surface area contributed by atoms with Crippen molar-refractivity contribution in [2.45, 2.75) is 28.2 Å². The number of rotatable bonds is 7. The van der Waals surface area contributed by atoms with Gasteiger partial charge in [0.05, 0.1) is 21.6 Å². The van der Waals surface area contributed by atoms with Crippen LogP contribution in [0.4, 0.5) is 13.2 Å². The molecule has 39 heavy (non-hydrogen) atoms. The predicted octanol–water partition coefficient (Wildman–Crippen LogP) is 4.93. The highest BCUT2D eigenvalue weighted by Crippen LogP contribution is 2.41. The van der Waals surface area contributed by atoms with Crippen molar-refractivity contribution >= 4 is 74.1 Å². The first-order valence-electron chi connectivity index (χ1n) is 11.2. The van der Waals surface area contributed by atoms with Crippen molar-refractivity contribution in [3.63, 3.8) is 0 Å². The molecule has 0 aliphatic carbocycles. The molecule has 1 aromatic carbocycles. The average Bonchev–Trinajstić information content (AvgIpc) is 3.38. The molecule has 2 amide bonds. The highest BCUT2D eigenvalue weighted by atomic mass is 32.2. The van der Waals surface area contributed by atoms with Gasteiger partial charge < -0.3 is 10.4 Å². The van der Waals surface area contributed by atoms with E-state index in [-0.39, 0.29) is 33.9 Å². The fourth-order valence-electron chi connectivity index (χ4n) is 4.23. The lowest BCUT2D eigenvalue weighted by atomic mass is 10.0. The summed E-state index contributed by atoms with van der Waals surface area (Å²) >= 11 is 4.82. The number of fused-ring (bicyclic) bond motifs is 2. The molecule has 0 saturated carbocycles. The number of nitrogens with zero attached hydrogens (tertiary/aromatic N) is 1. The summed E-state index contributed by atoms with van der Waals surface area (Å²) in [6.07, 6.45) is -3.01. The van der Waals surface area contributed by atoms with E-state index in [2.05, 4.69) is 5.32 Å². The molecule has 1 saturated heterocycles. The van der Waals surface area contributed by atoms with Crippen molar-refractivity contribution in [3.05, 3.63) is 85.2 Å². The summed E-state index contributed by atoms with van der Waals surface area (Å²) in [5, 5.41) is 15.0. The number of carbonyl (C=O) groups excluding carboxylic acids is 2. The molecule has 0 radical (unpaired) electrons. The largest absolute Gasteiger partial charge is 0.477 e. The molecular formula is C25H17F3N2O5S4. The van der Waals surface area contributed by atoms with Gasteiger partial charge in [0.1, 0.15) is 17.1 Å². The minimum atomic E-state index is -4.66. The summed E-state index contributed by atoms with van der Waals surface area (Å²) in [6, 6.07) is 7.49. The second-order valence-electron chi connectivity index (χ2n) is 8.42. The maximum atomic E-state index is 13.3. The maximum Gasteiger partial charge on any atom is 0.417 e. The zero-order valence-electron chi connectivity index (χ0n) is 19.6. The van der Waals surface area contributed by atoms with E-state index in [1.165, 1.54) is 46.7 Å². The van der Waals surface area contributed by atoms with Crippen LogP contribution in [0.5, 0.6) is 0 Å². The number of thioether (sulfide) groups is 2. The molecule has 2 aromatic heterocycles. The van der Waals surface area contributed by atoms with E-state index in [1.807, 2.05) is 17.5 Å². The summed E-state index contributed by atoms with van der Waals surface area (Å²) < 4.78 is 40.5. The standard InChI is InChI=1S/C25H17F3N2O5S4/c26-25(27,28)14-4-1-5-16-19(14)15(31)10-18(39-16)37-8-6-12-11-38-23-20(22(33)30(23)21(12)24(34)35)29-17(32)9-13-3-2-7-36-13/h1-8,10,20,23H,9,11H2,(H,29,32)(H,34,35)/b8-6+. The summed E-state index contributed by atoms with van der Waals surface area (Å²) in [7, 11) is 0. The van der Waals surface area contributed by atoms with E-state index >= 15 is 0 Å². The number of β-lactam (4-membered cyclic amide) rings is 1. The molecular weight excluding hydrogens is 594 g/mol. The Hall–Kier alpha value is -3.07. The van der Waals surface area contributed by atoms with Crippen molar-refractivity contribution in [1.29, 1.82) is 0 Å². The SMILES string of the molecule is O=C(Cc1cccs1)NC1C(=O)N2C(C(=O)O)=C(/C=C/Sc3cc(=O)c4c(C(F)(F)F)cccc4s3)CSC12. The Labute approximate surface area is 235 Å². The lowest BCUT2D eigenvalue weighted by Gasteiger charge is -2.49. The van der Waals surface area contributed by atoms with Gasteiger partial charge in [-0.05, 0) is 40.6 Å². The monoisotopic (exact) mass is 610 g/mol. The van der Waals surface area contributed by atoms with E-state index in [0.29, 0.717) is 9.78 Å². The molecule has 7 nitrogen and oxygen atoms in total. The van der Waals surface area contributed by atoms with Crippen LogP contribution in [0.15, 0.2) is 73.5 Å². The average molecular weight is 611 g/mol. The molecule has 0 bridgehead atoms. The van der Waals surface area contributed by atoms with E-state index in [4.69, 9.17) is 0 Å². The number of nitrogens with one attached hydrogen (secondary N) is 1. The minimum absolute atomic E-state index is 0.129. The summed E-state index contributed by atoms with van der Waals surface area (Å²) in [5.74, 6) is -1.88. The van der Waals surface area contributed by atoms with Gasteiger partial charge in [-0.3, -0.25) is 19.3 Å². The van der Waals surface area contributed by atoms with Gasteiger partial charge in [0.2, 0.25) is 5.91 Å². The Morgan fingerprint density at radius 1 is 1.21 bits per heavy atom. The van der Waals surface area contributed by atoms with Gasteiger partial charge in [-0.25, -0.2) is 4.79 Å². The lowest BCUT2D eigenvalue weighted by molar-refractivity contribution is -0.150. The second-order valence-corrected chi connectivity index (χ2v) is 12.8. The van der Waals surface area contributed by atoms with Crippen LogP contribution < -0.4 is 10.7 Å². The Balaban J connectivity index is 1.32. The molecule has 2 atom stereocenters. The van der Waals surface area contributed by atoms with Crippen LogP contribution in [0.2, 0.25) is 0 Å². The summed E-state index contributed by atoms with van der Waals surface area (Å²) in [5.41, 5.74) is -1.57. The molecule has 2 aliphatic rings. The number of halogens is 3. The number of aliphatic carboxylic acids is 1. The third-order valence-corrected chi connectivity index (χ3v) is 10.1. The Bertz CT molecular complexity index is 1600. The molecule has 202 valence electrons. The van der Waals surface area contributed by atoms with Gasteiger partial charge >= 0.3 is 12.1 Å². The van der Waals surface area contributed by atoms with Gasteiger partial charge in [-0.2, -0.15) is 13.2 Å². The molecule has 2 unspecified atom stereocenters. The minimum Gasteiger partial charge on any atom is -0.477 e. The van der Waals surface area contributed by atoms with Gasteiger partial charge in [-0.15, -0.1) is 34.4 Å². The number of thiophene rings is 1. The van der Waals surface area contributed by atoms with Crippen molar-refractivity contribution < 1.29 is 32.7 Å². The second kappa shape index (κ2) is 10.8. The number of hydrogen-bond donors (Lipinski definition) is 2. The van der Waals surface area contributed by atoms with Gasteiger partial charge in [-0.1, -0.05) is 23.9 Å². The first-order valence-corrected chi connectivity index (χ1v) is 14.9. The predicted molar refractivity (Wildman–Crippen MR) is 146 cm³/mol. The summed E-state index contributed by atoms with van der Waals surface area (Å²) in [4.78, 5) is 51.7. The van der Waals surface area contributed by atoms with Gasteiger partial charge in [0.15, 0.2) is 5.43 Å². The lowest BCUT2D eigenvalue weighted by Crippen LogP contribution is -2.70. The quantitative estimate of drug-likeness (QED) is 0.289. The zero-order valence-corrected chi connectivity index (χ0v) is 22.8. The third-order valence-electron chi connectivity index (χ3n) is 5.92. The van der Waals surface area contributed by atoms with E-state index in [0.717, 1.165) is 45.0 Å². The van der Waals surface area contributed by atoms with Crippen molar-refractivity contribution in [3.8, 4) is 0 Å². The fraction of sp³-hybridized carbons (Fsp3) is 0.200. The Morgan fingerprint density at radius 2 is 2.00 bits per heavy atom. The molecule has 2 aliphatic heterocycles. The van der Waals surface area contributed by atoms with Crippen molar-refractivity contribution in [2.75, 3.05) is 5.75 Å². The molecule has 4 heterocycles.